The molecule has 4 heteroatoms. The van der Waals surface area contributed by atoms with Gasteiger partial charge in [0.2, 0.25) is 0 Å². The molecule has 0 radical (unpaired) electrons. The highest BCUT2D eigenvalue weighted by atomic mass is 16.5. The second-order valence-electron chi connectivity index (χ2n) is 4.96. The Kier molecular flexibility index (Phi) is 3.62. The molecule has 1 aromatic heterocycles. The predicted molar refractivity (Wildman–Crippen MR) is 76.9 cm³/mol. The van der Waals surface area contributed by atoms with E-state index in [1.165, 1.54) is 0 Å². The highest BCUT2D eigenvalue weighted by Crippen LogP contribution is 2.35. The Morgan fingerprint density at radius 1 is 1.11 bits per heavy atom. The van der Waals surface area contributed by atoms with Gasteiger partial charge < -0.3 is 14.8 Å². The molecule has 0 aliphatic heterocycles. The largest absolute Gasteiger partial charge is 0.493 e. The summed E-state index contributed by atoms with van der Waals surface area (Å²) in [5, 5.41) is 5.44. The number of hydrogen-bond acceptors (Lipinski definition) is 4. The molecular weight excluding hydrogens is 240 g/mol. The molecule has 2 rings (SSSR count). The molecule has 0 bridgehead atoms. The topological polar surface area (TPSA) is 43.4 Å². The van der Waals surface area contributed by atoms with Crippen LogP contribution in [0.15, 0.2) is 24.4 Å². The van der Waals surface area contributed by atoms with Crippen LogP contribution in [0.2, 0.25) is 0 Å². The van der Waals surface area contributed by atoms with Crippen molar-refractivity contribution >= 4 is 10.8 Å². The summed E-state index contributed by atoms with van der Waals surface area (Å²) in [6.07, 6.45) is 1.82. The zero-order valence-corrected chi connectivity index (χ0v) is 12.1. The highest BCUT2D eigenvalue weighted by Gasteiger charge is 2.23. The molecule has 1 N–H and O–H groups in total. The molecule has 4 nitrogen and oxygen atoms in total. The van der Waals surface area contributed by atoms with Gasteiger partial charge in [-0.25, -0.2) is 0 Å². The van der Waals surface area contributed by atoms with Gasteiger partial charge in [-0.05, 0) is 44.5 Å². The molecule has 0 amide bonds. The Morgan fingerprint density at radius 2 is 1.74 bits per heavy atom. The Morgan fingerprint density at radius 3 is 2.32 bits per heavy atom. The van der Waals surface area contributed by atoms with Crippen molar-refractivity contribution in [2.24, 2.45) is 0 Å². The Labute approximate surface area is 113 Å². The van der Waals surface area contributed by atoms with Crippen LogP contribution in [0.1, 0.15) is 19.5 Å². The molecular formula is C15H20N2O2. The van der Waals surface area contributed by atoms with E-state index in [0.717, 1.165) is 28.0 Å². The fraction of sp³-hybridized carbons (Fsp3) is 0.400. The molecule has 1 heterocycles. The number of pyridine rings is 1. The molecule has 0 atom stereocenters. The first-order chi connectivity index (χ1) is 9.03. The number of ether oxygens (including phenoxy) is 2. The number of nitrogens with zero attached hydrogens (tertiary/aromatic N) is 1. The van der Waals surface area contributed by atoms with E-state index >= 15 is 0 Å². The maximum absolute atomic E-state index is 5.37. The number of rotatable bonds is 4. The Balaban J connectivity index is 2.74. The van der Waals surface area contributed by atoms with Gasteiger partial charge in [0.15, 0.2) is 11.5 Å². The summed E-state index contributed by atoms with van der Waals surface area (Å²) in [5.41, 5.74) is 0.785. The normalized spacial score (nSPS) is 11.6. The van der Waals surface area contributed by atoms with Crippen molar-refractivity contribution in [2.75, 3.05) is 21.3 Å². The van der Waals surface area contributed by atoms with E-state index in [4.69, 9.17) is 9.47 Å². The van der Waals surface area contributed by atoms with Crippen LogP contribution in [0.3, 0.4) is 0 Å². The zero-order valence-electron chi connectivity index (χ0n) is 12.1. The van der Waals surface area contributed by atoms with E-state index in [-0.39, 0.29) is 5.54 Å². The summed E-state index contributed by atoms with van der Waals surface area (Å²) in [4.78, 5) is 4.52. The monoisotopic (exact) mass is 260 g/mol. The first kappa shape index (κ1) is 13.6. The number of hydrogen-bond donors (Lipinski definition) is 1. The van der Waals surface area contributed by atoms with Crippen LogP contribution in [0.4, 0.5) is 0 Å². The van der Waals surface area contributed by atoms with Gasteiger partial charge in [0.05, 0.1) is 25.5 Å². The summed E-state index contributed by atoms with van der Waals surface area (Å²) >= 11 is 0. The molecule has 0 saturated carbocycles. The first-order valence-corrected chi connectivity index (χ1v) is 6.23. The minimum absolute atomic E-state index is 0.209. The second-order valence-corrected chi connectivity index (χ2v) is 4.96. The van der Waals surface area contributed by atoms with Gasteiger partial charge in [0.1, 0.15) is 0 Å². The third-order valence-electron chi connectivity index (χ3n) is 3.49. The third kappa shape index (κ3) is 2.36. The van der Waals surface area contributed by atoms with Crippen LogP contribution in [0.5, 0.6) is 11.5 Å². The molecule has 2 aromatic rings. The fourth-order valence-electron chi connectivity index (χ4n) is 2.12. The van der Waals surface area contributed by atoms with Gasteiger partial charge in [-0.1, -0.05) is 0 Å². The lowest BCUT2D eigenvalue weighted by Gasteiger charge is -2.25. The van der Waals surface area contributed by atoms with Gasteiger partial charge in [-0.15, -0.1) is 0 Å². The molecule has 0 aliphatic rings. The molecule has 0 fully saturated rings. The summed E-state index contributed by atoms with van der Waals surface area (Å²) in [6, 6.07) is 5.94. The van der Waals surface area contributed by atoms with E-state index in [2.05, 4.69) is 24.1 Å². The van der Waals surface area contributed by atoms with Crippen molar-refractivity contribution in [3.8, 4) is 11.5 Å². The zero-order chi connectivity index (χ0) is 14.0. The maximum Gasteiger partial charge on any atom is 0.161 e. The van der Waals surface area contributed by atoms with Crippen molar-refractivity contribution in [3.63, 3.8) is 0 Å². The highest BCUT2D eigenvalue weighted by molar-refractivity contribution is 5.88. The SMILES string of the molecule is CNC(C)(C)c1nccc2cc(OC)c(OC)cc12. The Hall–Kier alpha value is -1.81. The molecule has 1 aromatic carbocycles. The van der Waals surface area contributed by atoms with E-state index in [1.807, 2.05) is 31.4 Å². The van der Waals surface area contributed by atoms with Gasteiger partial charge in [0.25, 0.3) is 0 Å². The minimum atomic E-state index is -0.209. The molecule has 0 spiro atoms. The summed E-state index contributed by atoms with van der Waals surface area (Å²) in [5.74, 6) is 1.45. The quantitative estimate of drug-likeness (QED) is 0.918. The smallest absolute Gasteiger partial charge is 0.161 e. The number of aromatic nitrogens is 1. The number of methoxy groups -OCH3 is 2. The van der Waals surface area contributed by atoms with Crippen molar-refractivity contribution in [2.45, 2.75) is 19.4 Å². The van der Waals surface area contributed by atoms with Crippen molar-refractivity contribution < 1.29 is 9.47 Å². The average Bonchev–Trinajstić information content (AvgIpc) is 2.44. The van der Waals surface area contributed by atoms with Gasteiger partial charge >= 0.3 is 0 Å². The van der Waals surface area contributed by atoms with Crippen LogP contribution in [-0.4, -0.2) is 26.3 Å². The molecule has 0 saturated heterocycles. The maximum atomic E-state index is 5.37. The molecule has 19 heavy (non-hydrogen) atoms. The average molecular weight is 260 g/mol. The predicted octanol–water partition coefficient (Wildman–Crippen LogP) is 2.71. The lowest BCUT2D eigenvalue weighted by molar-refractivity contribution is 0.355. The summed E-state index contributed by atoms with van der Waals surface area (Å²) in [6.45, 7) is 4.21. The number of nitrogens with one attached hydrogen (secondary N) is 1. The van der Waals surface area contributed by atoms with Crippen molar-refractivity contribution in [3.05, 3.63) is 30.1 Å². The van der Waals surface area contributed by atoms with Crippen LogP contribution in [0.25, 0.3) is 10.8 Å². The van der Waals surface area contributed by atoms with Crippen LogP contribution >= 0.6 is 0 Å². The first-order valence-electron chi connectivity index (χ1n) is 6.23. The second kappa shape index (κ2) is 5.05. The van der Waals surface area contributed by atoms with Crippen molar-refractivity contribution in [1.82, 2.24) is 10.3 Å². The lowest BCUT2D eigenvalue weighted by atomic mass is 9.95. The standard InChI is InChI=1S/C15H20N2O2/c1-15(2,16-3)14-11-9-13(19-5)12(18-4)8-10(11)6-7-17-14/h6-9,16H,1-5H3. The van der Waals surface area contributed by atoms with Gasteiger partial charge in [-0.2, -0.15) is 0 Å². The van der Waals surface area contributed by atoms with E-state index < -0.39 is 0 Å². The van der Waals surface area contributed by atoms with Crippen molar-refractivity contribution in [1.29, 1.82) is 0 Å². The molecule has 0 unspecified atom stereocenters. The molecule has 0 aliphatic carbocycles. The number of benzene rings is 1. The van der Waals surface area contributed by atoms with Crippen LogP contribution in [-0.2, 0) is 5.54 Å². The van der Waals surface area contributed by atoms with E-state index in [0.29, 0.717) is 0 Å². The Bertz CT molecular complexity index is 594. The number of fused-ring (bicyclic) bond motifs is 1. The third-order valence-corrected chi connectivity index (χ3v) is 3.49. The van der Waals surface area contributed by atoms with Crippen LogP contribution in [0, 0.1) is 0 Å². The van der Waals surface area contributed by atoms with E-state index in [1.54, 1.807) is 14.2 Å². The molecule has 102 valence electrons. The van der Waals surface area contributed by atoms with E-state index in [9.17, 15) is 0 Å². The summed E-state index contributed by atoms with van der Waals surface area (Å²) < 4.78 is 10.7. The summed E-state index contributed by atoms with van der Waals surface area (Å²) in [7, 11) is 5.22. The fourth-order valence-corrected chi connectivity index (χ4v) is 2.12. The van der Waals surface area contributed by atoms with Gasteiger partial charge in [-0.3, -0.25) is 4.98 Å². The van der Waals surface area contributed by atoms with Gasteiger partial charge in [0, 0.05) is 11.6 Å². The lowest BCUT2D eigenvalue weighted by Crippen LogP contribution is -2.34. The minimum Gasteiger partial charge on any atom is -0.493 e. The van der Waals surface area contributed by atoms with Crippen LogP contribution < -0.4 is 14.8 Å².